The molecule has 0 atom stereocenters. The Morgan fingerprint density at radius 1 is 0.939 bits per heavy atom. The van der Waals surface area contributed by atoms with E-state index in [1.807, 2.05) is 53.6 Å². The van der Waals surface area contributed by atoms with Gasteiger partial charge in [-0.15, -0.1) is 0 Å². The van der Waals surface area contributed by atoms with Crippen LogP contribution in [0, 0.1) is 0 Å². The van der Waals surface area contributed by atoms with Gasteiger partial charge in [0.05, 0.1) is 18.9 Å². The molecule has 0 saturated carbocycles. The number of anilines is 1. The molecule has 0 radical (unpaired) electrons. The maximum Gasteiger partial charge on any atom is 0.254 e. The fourth-order valence-electron chi connectivity index (χ4n) is 4.22. The van der Waals surface area contributed by atoms with Crippen LogP contribution in [0.2, 0.25) is 0 Å². The highest BCUT2D eigenvalue weighted by atomic mass is 16.5. The van der Waals surface area contributed by atoms with Crippen molar-refractivity contribution in [1.29, 1.82) is 0 Å². The van der Waals surface area contributed by atoms with Crippen molar-refractivity contribution in [2.45, 2.75) is 0 Å². The molecule has 170 valence electrons. The number of morpholine rings is 1. The summed E-state index contributed by atoms with van der Waals surface area (Å²) in [6.07, 6.45) is 5.86. The first-order valence-electron chi connectivity index (χ1n) is 11.5. The number of aromatic nitrogens is 2. The van der Waals surface area contributed by atoms with Crippen molar-refractivity contribution in [1.82, 2.24) is 20.2 Å². The average molecular weight is 444 g/mol. The molecular formula is C26H29N5O2. The van der Waals surface area contributed by atoms with E-state index in [0.29, 0.717) is 31.9 Å². The van der Waals surface area contributed by atoms with Crippen LogP contribution >= 0.6 is 0 Å². The highest BCUT2D eigenvalue weighted by molar-refractivity contribution is 5.94. The molecule has 33 heavy (non-hydrogen) atoms. The van der Waals surface area contributed by atoms with Crippen LogP contribution in [0.4, 0.5) is 5.82 Å². The maximum atomic E-state index is 12.6. The van der Waals surface area contributed by atoms with Gasteiger partial charge in [-0.25, -0.2) is 0 Å². The molecule has 0 spiro atoms. The molecule has 0 unspecified atom stereocenters. The van der Waals surface area contributed by atoms with Crippen LogP contribution in [0.5, 0.6) is 0 Å². The van der Waals surface area contributed by atoms with E-state index in [1.54, 1.807) is 0 Å². The smallest absolute Gasteiger partial charge is 0.254 e. The maximum absolute atomic E-state index is 12.6. The van der Waals surface area contributed by atoms with Gasteiger partial charge in [-0.05, 0) is 48.0 Å². The van der Waals surface area contributed by atoms with E-state index in [0.717, 1.165) is 54.5 Å². The molecule has 2 fully saturated rings. The lowest BCUT2D eigenvalue weighted by molar-refractivity contribution is 0.0303. The summed E-state index contributed by atoms with van der Waals surface area (Å²) < 4.78 is 5.33. The number of piperazine rings is 1. The predicted molar refractivity (Wildman–Crippen MR) is 131 cm³/mol. The van der Waals surface area contributed by atoms with Crippen LogP contribution in [0.15, 0.2) is 54.7 Å². The summed E-state index contributed by atoms with van der Waals surface area (Å²) >= 11 is 0. The lowest BCUT2D eigenvalue weighted by Crippen LogP contribution is -2.43. The average Bonchev–Trinajstić information content (AvgIpc) is 3.39. The third-order valence-corrected chi connectivity index (χ3v) is 6.12. The molecule has 0 bridgehead atoms. The van der Waals surface area contributed by atoms with Crippen LogP contribution in [0.1, 0.15) is 21.6 Å². The van der Waals surface area contributed by atoms with Crippen LogP contribution in [0.3, 0.4) is 0 Å². The molecule has 2 N–H and O–H groups in total. The lowest BCUT2D eigenvalue weighted by Gasteiger charge is -2.28. The molecule has 7 heteroatoms. The number of aromatic amines is 1. The number of amides is 1. The standard InChI is InChI=1S/C26H29N5O2/c32-26(31-15-17-33-18-16-31)21-4-1-20(2-5-21)3-6-23-19-22(9-10-28-23)24-7-8-25(29-24)30-13-11-27-12-14-30/h1-10,19,27,29H,11-18H2. The largest absolute Gasteiger partial charge is 0.378 e. The number of rotatable bonds is 5. The van der Waals surface area contributed by atoms with E-state index in [1.165, 1.54) is 0 Å². The minimum absolute atomic E-state index is 0.0642. The summed E-state index contributed by atoms with van der Waals surface area (Å²) in [5, 5.41) is 3.39. The molecule has 5 rings (SSSR count). The van der Waals surface area contributed by atoms with Gasteiger partial charge in [0, 0.05) is 62.3 Å². The van der Waals surface area contributed by atoms with Crippen molar-refractivity contribution in [3.8, 4) is 11.3 Å². The monoisotopic (exact) mass is 443 g/mol. The topological polar surface area (TPSA) is 73.5 Å². The number of nitrogens with one attached hydrogen (secondary N) is 2. The fourth-order valence-corrected chi connectivity index (χ4v) is 4.22. The number of ether oxygens (including phenoxy) is 1. The second kappa shape index (κ2) is 10.0. The Morgan fingerprint density at radius 2 is 1.73 bits per heavy atom. The summed E-state index contributed by atoms with van der Waals surface area (Å²) in [5.74, 6) is 1.22. The van der Waals surface area contributed by atoms with E-state index in [-0.39, 0.29) is 5.91 Å². The molecule has 2 saturated heterocycles. The lowest BCUT2D eigenvalue weighted by atomic mass is 10.1. The van der Waals surface area contributed by atoms with Crippen LogP contribution in [0.25, 0.3) is 23.4 Å². The molecule has 2 aliphatic rings. The van der Waals surface area contributed by atoms with Crippen LogP contribution in [-0.4, -0.2) is 73.3 Å². The zero-order chi connectivity index (χ0) is 22.5. The first kappa shape index (κ1) is 21.4. The predicted octanol–water partition coefficient (Wildman–Crippen LogP) is 3.13. The number of carbonyl (C=O) groups excluding carboxylic acids is 1. The first-order valence-corrected chi connectivity index (χ1v) is 11.5. The Morgan fingerprint density at radius 3 is 2.52 bits per heavy atom. The van der Waals surface area contributed by atoms with Crippen molar-refractivity contribution < 1.29 is 9.53 Å². The minimum Gasteiger partial charge on any atom is -0.378 e. The summed E-state index contributed by atoms with van der Waals surface area (Å²) in [6.45, 7) is 6.58. The quantitative estimate of drug-likeness (QED) is 0.634. The molecule has 0 aliphatic carbocycles. The second-order valence-electron chi connectivity index (χ2n) is 8.32. The summed E-state index contributed by atoms with van der Waals surface area (Å²) in [4.78, 5) is 24.9. The highest BCUT2D eigenvalue weighted by Gasteiger charge is 2.18. The Kier molecular flexibility index (Phi) is 6.51. The number of hydrogen-bond donors (Lipinski definition) is 2. The zero-order valence-electron chi connectivity index (χ0n) is 18.7. The van der Waals surface area contributed by atoms with Crippen molar-refractivity contribution >= 4 is 23.9 Å². The van der Waals surface area contributed by atoms with E-state index in [4.69, 9.17) is 4.74 Å². The number of benzene rings is 1. The third kappa shape index (κ3) is 5.16. The van der Waals surface area contributed by atoms with Gasteiger partial charge in [0.25, 0.3) is 5.91 Å². The molecule has 1 aromatic carbocycles. The van der Waals surface area contributed by atoms with E-state index in [2.05, 4.69) is 38.4 Å². The van der Waals surface area contributed by atoms with Gasteiger partial charge in [0.2, 0.25) is 0 Å². The molecular weight excluding hydrogens is 414 g/mol. The summed E-state index contributed by atoms with van der Waals surface area (Å²) in [5.41, 5.74) is 4.83. The van der Waals surface area contributed by atoms with E-state index >= 15 is 0 Å². The number of hydrogen-bond acceptors (Lipinski definition) is 5. The summed E-state index contributed by atoms with van der Waals surface area (Å²) in [7, 11) is 0. The van der Waals surface area contributed by atoms with Crippen molar-refractivity contribution in [3.05, 3.63) is 71.5 Å². The van der Waals surface area contributed by atoms with Crippen molar-refractivity contribution in [3.63, 3.8) is 0 Å². The van der Waals surface area contributed by atoms with Gasteiger partial charge in [-0.3, -0.25) is 9.78 Å². The molecule has 2 aliphatic heterocycles. The first-order chi connectivity index (χ1) is 16.3. The third-order valence-electron chi connectivity index (χ3n) is 6.12. The molecule has 4 heterocycles. The van der Waals surface area contributed by atoms with Gasteiger partial charge in [0.15, 0.2) is 0 Å². The van der Waals surface area contributed by atoms with Crippen LogP contribution < -0.4 is 10.2 Å². The Labute approximate surface area is 194 Å². The minimum atomic E-state index is 0.0642. The highest BCUT2D eigenvalue weighted by Crippen LogP contribution is 2.24. The zero-order valence-corrected chi connectivity index (χ0v) is 18.7. The normalized spacial score (nSPS) is 17.0. The van der Waals surface area contributed by atoms with Gasteiger partial charge in [-0.2, -0.15) is 0 Å². The fraction of sp³-hybridized carbons (Fsp3) is 0.308. The number of pyridine rings is 1. The second-order valence-corrected chi connectivity index (χ2v) is 8.32. The summed E-state index contributed by atoms with van der Waals surface area (Å²) in [6, 6.07) is 16.1. The number of H-pyrrole nitrogens is 1. The number of nitrogens with zero attached hydrogens (tertiary/aromatic N) is 3. The van der Waals surface area contributed by atoms with Gasteiger partial charge in [0.1, 0.15) is 5.82 Å². The van der Waals surface area contributed by atoms with E-state index < -0.39 is 0 Å². The number of carbonyl (C=O) groups is 1. The Bertz CT molecular complexity index is 1110. The van der Waals surface area contributed by atoms with E-state index in [9.17, 15) is 4.79 Å². The van der Waals surface area contributed by atoms with Gasteiger partial charge < -0.3 is 24.8 Å². The molecule has 3 aromatic rings. The van der Waals surface area contributed by atoms with Crippen molar-refractivity contribution in [2.75, 3.05) is 57.4 Å². The van der Waals surface area contributed by atoms with Crippen LogP contribution in [-0.2, 0) is 4.74 Å². The molecule has 7 nitrogen and oxygen atoms in total. The Hall–Kier alpha value is -3.42. The van der Waals surface area contributed by atoms with Gasteiger partial charge in [-0.1, -0.05) is 18.2 Å². The molecule has 1 amide bonds. The Balaban J connectivity index is 1.25. The SMILES string of the molecule is O=C(c1ccc(C=Cc2cc(-c3ccc(N4CCNCC4)[nH]3)ccn2)cc1)N1CCOCC1. The van der Waals surface area contributed by atoms with Crippen molar-refractivity contribution in [2.24, 2.45) is 0 Å². The van der Waals surface area contributed by atoms with Gasteiger partial charge >= 0.3 is 0 Å². The molecule has 2 aromatic heterocycles.